The lowest BCUT2D eigenvalue weighted by atomic mass is 10.1. The minimum absolute atomic E-state index is 0.0748. The van der Waals surface area contributed by atoms with E-state index in [-0.39, 0.29) is 18.4 Å². The van der Waals surface area contributed by atoms with Gasteiger partial charge in [0.1, 0.15) is 0 Å². The summed E-state index contributed by atoms with van der Waals surface area (Å²) in [5, 5.41) is 6.49. The zero-order chi connectivity index (χ0) is 18.5. The van der Waals surface area contributed by atoms with Crippen LogP contribution in [0.15, 0.2) is 36.5 Å². The number of amides is 2. The number of aromatic nitrogens is 1. The molecule has 1 aromatic heterocycles. The molecule has 26 heavy (non-hydrogen) atoms. The summed E-state index contributed by atoms with van der Waals surface area (Å²) in [5.74, 6) is 1.17. The average Bonchev–Trinajstić information content (AvgIpc) is 2.65. The Bertz CT molecular complexity index is 813. The minimum atomic E-state index is -0.196. The lowest BCUT2D eigenvalue weighted by molar-refractivity contribution is -0.117. The van der Waals surface area contributed by atoms with Crippen molar-refractivity contribution in [1.82, 2.24) is 10.3 Å². The van der Waals surface area contributed by atoms with Crippen molar-refractivity contribution in [3.05, 3.63) is 52.7 Å². The van der Waals surface area contributed by atoms with Gasteiger partial charge in [0, 0.05) is 23.5 Å². The third-order valence-electron chi connectivity index (χ3n) is 3.97. The number of carbonyl (C=O) groups is 2. The number of anilines is 2. The van der Waals surface area contributed by atoms with E-state index in [1.807, 2.05) is 18.4 Å². The zero-order valence-corrected chi connectivity index (χ0v) is 15.9. The van der Waals surface area contributed by atoms with Crippen LogP contribution in [-0.4, -0.2) is 41.9 Å². The average molecular weight is 391 g/mol. The Balaban J connectivity index is 1.84. The van der Waals surface area contributed by atoms with E-state index in [4.69, 9.17) is 11.6 Å². The first kappa shape index (κ1) is 18.5. The van der Waals surface area contributed by atoms with Gasteiger partial charge in [-0.15, -0.1) is 0 Å². The smallest absolute Gasteiger partial charge is 0.252 e. The number of fused-ring (bicyclic) bond motifs is 1. The first-order valence-corrected chi connectivity index (χ1v) is 9.91. The molecule has 1 aliphatic rings. The number of nitrogens with one attached hydrogen (secondary N) is 2. The molecule has 1 aliphatic heterocycles. The van der Waals surface area contributed by atoms with Gasteiger partial charge in [-0.3, -0.25) is 9.59 Å². The first-order chi connectivity index (χ1) is 12.6. The van der Waals surface area contributed by atoms with Crippen LogP contribution in [0.1, 0.15) is 15.9 Å². The van der Waals surface area contributed by atoms with E-state index >= 15 is 0 Å². The van der Waals surface area contributed by atoms with Gasteiger partial charge in [-0.05, 0) is 30.0 Å². The van der Waals surface area contributed by atoms with Crippen LogP contribution >= 0.6 is 23.4 Å². The molecule has 3 rings (SSSR count). The molecule has 0 unspecified atom stereocenters. The second kappa shape index (κ2) is 8.42. The summed E-state index contributed by atoms with van der Waals surface area (Å²) < 4.78 is 0. The Kier molecular flexibility index (Phi) is 6.00. The number of pyridine rings is 1. The summed E-state index contributed by atoms with van der Waals surface area (Å²) in [7, 11) is 0. The van der Waals surface area contributed by atoms with Crippen LogP contribution in [0, 0.1) is 0 Å². The third kappa shape index (κ3) is 4.28. The fourth-order valence-corrected chi connectivity index (χ4v) is 3.05. The Morgan fingerprint density at radius 1 is 1.38 bits per heavy atom. The van der Waals surface area contributed by atoms with Crippen LogP contribution < -0.4 is 15.5 Å². The van der Waals surface area contributed by atoms with Crippen LogP contribution in [0.4, 0.5) is 11.5 Å². The van der Waals surface area contributed by atoms with Crippen molar-refractivity contribution >= 4 is 46.7 Å². The number of rotatable bonds is 6. The van der Waals surface area contributed by atoms with Gasteiger partial charge >= 0.3 is 0 Å². The van der Waals surface area contributed by atoms with Gasteiger partial charge in [-0.25, -0.2) is 4.98 Å². The van der Waals surface area contributed by atoms with Gasteiger partial charge in [0.15, 0.2) is 5.82 Å². The molecule has 2 heterocycles. The number of benzene rings is 1. The van der Waals surface area contributed by atoms with Crippen molar-refractivity contribution in [1.29, 1.82) is 0 Å². The molecule has 0 saturated heterocycles. The number of nitrogens with zero attached hydrogens (tertiary/aromatic N) is 2. The van der Waals surface area contributed by atoms with E-state index in [1.165, 1.54) is 6.20 Å². The van der Waals surface area contributed by atoms with Crippen LogP contribution in [0.3, 0.4) is 0 Å². The van der Waals surface area contributed by atoms with Crippen molar-refractivity contribution in [2.75, 3.05) is 35.3 Å². The highest BCUT2D eigenvalue weighted by Crippen LogP contribution is 2.30. The summed E-state index contributed by atoms with van der Waals surface area (Å²) in [4.78, 5) is 30.7. The van der Waals surface area contributed by atoms with Crippen molar-refractivity contribution in [3.8, 4) is 0 Å². The van der Waals surface area contributed by atoms with Crippen molar-refractivity contribution in [3.63, 3.8) is 0 Å². The fraction of sp³-hybridized carbons (Fsp3) is 0.278. The number of hydrogen-bond acceptors (Lipinski definition) is 5. The number of halogens is 1. The molecule has 2 amide bonds. The number of carbonyl (C=O) groups excluding carboxylic acids is 2. The van der Waals surface area contributed by atoms with Gasteiger partial charge in [-0.1, -0.05) is 23.7 Å². The van der Waals surface area contributed by atoms with Crippen molar-refractivity contribution in [2.45, 2.75) is 6.54 Å². The molecule has 0 atom stereocenters. The molecule has 2 aromatic rings. The summed E-state index contributed by atoms with van der Waals surface area (Å²) in [6, 6.07) is 9.04. The Hall–Kier alpha value is -2.25. The van der Waals surface area contributed by atoms with E-state index < -0.39 is 0 Å². The maximum atomic E-state index is 12.4. The molecule has 0 bridgehead atoms. The Labute approximate surface area is 161 Å². The number of hydrogen-bond donors (Lipinski definition) is 2. The van der Waals surface area contributed by atoms with Crippen molar-refractivity contribution < 1.29 is 9.59 Å². The molecule has 6 nitrogen and oxygen atoms in total. The molecule has 0 fully saturated rings. The molecular weight excluding hydrogens is 372 g/mol. The maximum Gasteiger partial charge on any atom is 0.252 e. The predicted molar refractivity (Wildman–Crippen MR) is 106 cm³/mol. The summed E-state index contributed by atoms with van der Waals surface area (Å²) in [5.41, 5.74) is 1.99. The SMILES string of the molecule is CSCCNC(=O)c1cnc2c(c1)N(Cc1ccc(Cl)cc1)C(=O)CN2. The van der Waals surface area contributed by atoms with Crippen LogP contribution in [0.2, 0.25) is 5.02 Å². The van der Waals surface area contributed by atoms with E-state index in [2.05, 4.69) is 15.6 Å². The topological polar surface area (TPSA) is 74.3 Å². The molecule has 8 heteroatoms. The Morgan fingerprint density at radius 2 is 2.15 bits per heavy atom. The second-order valence-electron chi connectivity index (χ2n) is 5.80. The highest BCUT2D eigenvalue weighted by Gasteiger charge is 2.26. The minimum Gasteiger partial charge on any atom is -0.359 e. The van der Waals surface area contributed by atoms with Gasteiger partial charge in [0.25, 0.3) is 5.91 Å². The Morgan fingerprint density at radius 3 is 2.88 bits per heavy atom. The van der Waals surface area contributed by atoms with Crippen LogP contribution in [0.25, 0.3) is 0 Å². The number of thioether (sulfide) groups is 1. The molecule has 1 aromatic carbocycles. The van der Waals surface area contributed by atoms with Gasteiger partial charge < -0.3 is 15.5 Å². The summed E-state index contributed by atoms with van der Waals surface area (Å²) >= 11 is 7.59. The second-order valence-corrected chi connectivity index (χ2v) is 7.22. The van der Waals surface area contributed by atoms with E-state index in [9.17, 15) is 9.59 Å². The van der Waals surface area contributed by atoms with Crippen molar-refractivity contribution in [2.24, 2.45) is 0 Å². The predicted octanol–water partition coefficient (Wildman–Crippen LogP) is 2.79. The normalized spacial score (nSPS) is 13.2. The lowest BCUT2D eigenvalue weighted by Gasteiger charge is -2.29. The van der Waals surface area contributed by atoms with Gasteiger partial charge in [-0.2, -0.15) is 11.8 Å². The molecule has 0 aliphatic carbocycles. The summed E-state index contributed by atoms with van der Waals surface area (Å²) in [6.07, 6.45) is 3.51. The monoisotopic (exact) mass is 390 g/mol. The van der Waals surface area contributed by atoms with Gasteiger partial charge in [0.05, 0.1) is 24.3 Å². The van der Waals surface area contributed by atoms with Gasteiger partial charge in [0.2, 0.25) is 5.91 Å². The molecule has 0 radical (unpaired) electrons. The molecule has 0 saturated carbocycles. The molecule has 2 N–H and O–H groups in total. The molecular formula is C18H19ClN4O2S. The van der Waals surface area contributed by atoms with E-state index in [0.717, 1.165) is 11.3 Å². The standard InChI is InChI=1S/C18H19ClN4O2S/c1-26-7-6-20-18(25)13-8-15-17(21-9-13)22-10-16(24)23(15)11-12-2-4-14(19)5-3-12/h2-5,8-9H,6-7,10-11H2,1H3,(H,20,25)(H,21,22). The van der Waals surface area contributed by atoms with E-state index in [1.54, 1.807) is 34.9 Å². The quantitative estimate of drug-likeness (QED) is 0.742. The zero-order valence-electron chi connectivity index (χ0n) is 14.3. The van der Waals surface area contributed by atoms with Crippen LogP contribution in [-0.2, 0) is 11.3 Å². The highest BCUT2D eigenvalue weighted by molar-refractivity contribution is 7.98. The van der Waals surface area contributed by atoms with E-state index in [0.29, 0.717) is 35.2 Å². The molecule has 136 valence electrons. The fourth-order valence-electron chi connectivity index (χ4n) is 2.62. The highest BCUT2D eigenvalue weighted by atomic mass is 35.5. The first-order valence-electron chi connectivity index (χ1n) is 8.14. The largest absolute Gasteiger partial charge is 0.359 e. The maximum absolute atomic E-state index is 12.4. The lowest BCUT2D eigenvalue weighted by Crippen LogP contribution is -2.40. The summed E-state index contributed by atoms with van der Waals surface area (Å²) in [6.45, 7) is 1.15. The third-order valence-corrected chi connectivity index (χ3v) is 4.84. The molecule has 0 spiro atoms. The van der Waals surface area contributed by atoms with Crippen LogP contribution in [0.5, 0.6) is 0 Å².